The summed E-state index contributed by atoms with van der Waals surface area (Å²) in [5.74, 6) is 0. The van der Waals surface area contributed by atoms with Gasteiger partial charge in [0.15, 0.2) is 12.6 Å². The third kappa shape index (κ3) is 5.52. The molecule has 0 aromatic carbocycles. The van der Waals surface area contributed by atoms with Crippen molar-refractivity contribution in [1.82, 2.24) is 0 Å². The topological polar surface area (TPSA) is 248 Å². The van der Waals surface area contributed by atoms with E-state index in [2.05, 4.69) is 12.6 Å². The van der Waals surface area contributed by atoms with Crippen LogP contribution in [0.15, 0.2) is 0 Å². The van der Waals surface area contributed by atoms with Crippen molar-refractivity contribution in [3.8, 4) is 0 Å². The average molecular weight is 521 g/mol. The monoisotopic (exact) mass is 520 g/mol. The van der Waals surface area contributed by atoms with Crippen molar-refractivity contribution < 1.29 is 74.7 Å². The predicted octanol–water partition coefficient (Wildman–Crippen LogP) is -6.64. The van der Waals surface area contributed by atoms with Crippen LogP contribution in [0.3, 0.4) is 0 Å². The van der Waals surface area contributed by atoms with E-state index in [0.29, 0.717) is 0 Å². The maximum Gasteiger partial charge on any atom is 0.187 e. The smallest absolute Gasteiger partial charge is 0.187 e. The summed E-state index contributed by atoms with van der Waals surface area (Å²) >= 11 is 3.95. The highest BCUT2D eigenvalue weighted by atomic mass is 32.1. The molecule has 3 aliphatic heterocycles. The van der Waals surface area contributed by atoms with Crippen LogP contribution < -0.4 is 0 Å². The van der Waals surface area contributed by atoms with Crippen LogP contribution in [0.1, 0.15) is 0 Å². The minimum absolute atomic E-state index is 0.650. The SMILES string of the molecule is OC[C@H]1O[C@H](O[C@H]2[C@H](O)[C@@H](O)[C@@H](O[C@H]3[C@H](O)[C@@H](O)[C@@H](S)O[C@@H]3CO)O[C@@H]2CO)[C@H](O)[C@@H](O)[C@@H]1O. The van der Waals surface area contributed by atoms with E-state index < -0.39 is 111 Å². The van der Waals surface area contributed by atoms with Crippen molar-refractivity contribution in [2.45, 2.75) is 91.3 Å². The van der Waals surface area contributed by atoms with E-state index in [0.717, 1.165) is 0 Å². The zero-order valence-corrected chi connectivity index (χ0v) is 18.6. The Labute approximate surface area is 199 Å². The highest BCUT2D eigenvalue weighted by Crippen LogP contribution is 2.32. The summed E-state index contributed by atoms with van der Waals surface area (Å²) in [5.41, 5.74) is -1.13. The number of aliphatic hydroxyl groups is 10. The lowest BCUT2D eigenvalue weighted by molar-refractivity contribution is -0.371. The molecule has 0 unspecified atom stereocenters. The fourth-order valence-corrected chi connectivity index (χ4v) is 4.39. The fraction of sp³-hybridized carbons (Fsp3) is 1.00. The Kier molecular flexibility index (Phi) is 9.88. The van der Waals surface area contributed by atoms with Gasteiger partial charge in [-0.2, -0.15) is 0 Å². The lowest BCUT2D eigenvalue weighted by atomic mass is 9.96. The van der Waals surface area contributed by atoms with Crippen LogP contribution in [-0.4, -0.2) is 162 Å². The maximum atomic E-state index is 10.6. The summed E-state index contributed by atoms with van der Waals surface area (Å²) < 4.78 is 26.9. The van der Waals surface area contributed by atoms with Crippen molar-refractivity contribution in [2.75, 3.05) is 19.8 Å². The number of thiol groups is 1. The Hall–Kier alpha value is -0.250. The molecule has 200 valence electrons. The summed E-state index contributed by atoms with van der Waals surface area (Å²) in [4.78, 5) is 0. The van der Waals surface area contributed by atoms with Crippen LogP contribution in [0.25, 0.3) is 0 Å². The van der Waals surface area contributed by atoms with Gasteiger partial charge in [-0.15, -0.1) is 12.6 Å². The summed E-state index contributed by atoms with van der Waals surface area (Å²) in [6.45, 7) is -2.17. The molecule has 0 amide bonds. The largest absolute Gasteiger partial charge is 0.394 e. The van der Waals surface area contributed by atoms with Crippen LogP contribution in [0.5, 0.6) is 0 Å². The molecule has 0 aliphatic carbocycles. The molecule has 0 aromatic heterocycles. The molecule has 15 nitrogen and oxygen atoms in total. The Morgan fingerprint density at radius 3 is 1.41 bits per heavy atom. The zero-order valence-electron chi connectivity index (χ0n) is 17.7. The number of hydrogen-bond acceptors (Lipinski definition) is 16. The molecule has 0 aromatic rings. The number of ether oxygens (including phenoxy) is 5. The maximum absolute atomic E-state index is 10.6. The Morgan fingerprint density at radius 1 is 0.500 bits per heavy atom. The molecule has 10 N–H and O–H groups in total. The molecule has 15 atom stereocenters. The first-order valence-electron chi connectivity index (χ1n) is 10.6. The lowest BCUT2D eigenvalue weighted by Crippen LogP contribution is -2.66. The minimum atomic E-state index is -1.87. The molecule has 3 heterocycles. The van der Waals surface area contributed by atoms with E-state index in [4.69, 9.17) is 23.7 Å². The number of aliphatic hydroxyl groups excluding tert-OH is 10. The van der Waals surface area contributed by atoms with E-state index in [-0.39, 0.29) is 0 Å². The van der Waals surface area contributed by atoms with Crippen LogP contribution in [0, 0.1) is 0 Å². The van der Waals surface area contributed by atoms with E-state index >= 15 is 0 Å². The van der Waals surface area contributed by atoms with Gasteiger partial charge < -0.3 is 74.7 Å². The van der Waals surface area contributed by atoms with E-state index in [1.54, 1.807) is 0 Å². The standard InChI is InChI=1S/C18H32O15S/c19-1-4-7(22)8(23)11(26)16(29-4)32-14-5(2-20)30-17(12(27)9(14)24)33-15-6(3-21)31-18(34)13(28)10(15)25/h4-28,34H,1-3H2/t4-,5-,6-,7-,8+,9-,10-,11-,12-,13-,14-,15-,16-,17-,18-/m1/s1. The fourth-order valence-electron chi connectivity index (χ4n) is 4.06. The highest BCUT2D eigenvalue weighted by Gasteiger charge is 2.53. The van der Waals surface area contributed by atoms with Gasteiger partial charge in [0.1, 0.15) is 78.7 Å². The first-order valence-corrected chi connectivity index (χ1v) is 11.1. The van der Waals surface area contributed by atoms with E-state index in [1.807, 2.05) is 0 Å². The summed E-state index contributed by atoms with van der Waals surface area (Å²) in [6.07, 6.45) is -22.3. The Bertz CT molecular complexity index is 640. The van der Waals surface area contributed by atoms with Crippen molar-refractivity contribution >= 4 is 12.6 Å². The number of rotatable bonds is 7. The minimum Gasteiger partial charge on any atom is -0.394 e. The molecule has 3 fully saturated rings. The van der Waals surface area contributed by atoms with E-state index in [1.165, 1.54) is 0 Å². The second-order valence-corrected chi connectivity index (χ2v) is 8.84. The van der Waals surface area contributed by atoms with E-state index in [9.17, 15) is 51.1 Å². The Morgan fingerprint density at radius 2 is 0.912 bits per heavy atom. The first-order chi connectivity index (χ1) is 16.0. The van der Waals surface area contributed by atoms with Crippen LogP contribution >= 0.6 is 12.6 Å². The molecule has 3 rings (SSSR count). The van der Waals surface area contributed by atoms with Gasteiger partial charge in [0.25, 0.3) is 0 Å². The van der Waals surface area contributed by atoms with Crippen molar-refractivity contribution in [1.29, 1.82) is 0 Å². The normalized spacial score (nSPS) is 52.5. The Balaban J connectivity index is 1.72. The third-order valence-electron chi connectivity index (χ3n) is 6.09. The van der Waals surface area contributed by atoms with Gasteiger partial charge in [-0.3, -0.25) is 0 Å². The van der Waals surface area contributed by atoms with Gasteiger partial charge in [0, 0.05) is 0 Å². The van der Waals surface area contributed by atoms with Crippen molar-refractivity contribution in [2.24, 2.45) is 0 Å². The third-order valence-corrected chi connectivity index (χ3v) is 6.52. The molecular formula is C18H32O15S. The van der Waals surface area contributed by atoms with Crippen LogP contribution in [0.4, 0.5) is 0 Å². The molecule has 16 heteroatoms. The van der Waals surface area contributed by atoms with Crippen molar-refractivity contribution in [3.05, 3.63) is 0 Å². The number of hydrogen-bond donors (Lipinski definition) is 11. The summed E-state index contributed by atoms with van der Waals surface area (Å²) in [5, 5.41) is 100.0. The molecule has 3 saturated heterocycles. The predicted molar refractivity (Wildman–Crippen MR) is 108 cm³/mol. The molecule has 0 bridgehead atoms. The van der Waals surface area contributed by atoms with Gasteiger partial charge in [0.2, 0.25) is 0 Å². The van der Waals surface area contributed by atoms with Gasteiger partial charge in [-0.25, -0.2) is 0 Å². The average Bonchev–Trinajstić information content (AvgIpc) is 2.83. The highest BCUT2D eigenvalue weighted by molar-refractivity contribution is 7.80. The molecule has 0 radical (unpaired) electrons. The van der Waals surface area contributed by atoms with Gasteiger partial charge in [-0.05, 0) is 0 Å². The van der Waals surface area contributed by atoms with Gasteiger partial charge in [-0.1, -0.05) is 0 Å². The second kappa shape index (κ2) is 11.9. The molecule has 0 saturated carbocycles. The zero-order chi connectivity index (χ0) is 25.3. The van der Waals surface area contributed by atoms with Gasteiger partial charge in [0.05, 0.1) is 19.8 Å². The van der Waals surface area contributed by atoms with Gasteiger partial charge >= 0.3 is 0 Å². The molecular weight excluding hydrogens is 488 g/mol. The van der Waals surface area contributed by atoms with Crippen LogP contribution in [0.2, 0.25) is 0 Å². The quantitative estimate of drug-likeness (QED) is 0.140. The molecule has 3 aliphatic rings. The summed E-state index contributed by atoms with van der Waals surface area (Å²) in [7, 11) is 0. The second-order valence-electron chi connectivity index (χ2n) is 8.33. The van der Waals surface area contributed by atoms with Crippen molar-refractivity contribution in [3.63, 3.8) is 0 Å². The molecule has 0 spiro atoms. The lowest BCUT2D eigenvalue weighted by Gasteiger charge is -2.47. The summed E-state index contributed by atoms with van der Waals surface area (Å²) in [6, 6.07) is 0. The van der Waals surface area contributed by atoms with Crippen LogP contribution in [-0.2, 0) is 23.7 Å². The first kappa shape index (κ1) is 28.3. The molecule has 34 heavy (non-hydrogen) atoms.